The second-order valence-electron chi connectivity index (χ2n) is 3.74. The van der Waals surface area contributed by atoms with E-state index in [-0.39, 0.29) is 16.3 Å². The Balaban J connectivity index is 2.09. The molecule has 0 aliphatic carbocycles. The first-order valence-electron chi connectivity index (χ1n) is 5.36. The van der Waals surface area contributed by atoms with Crippen LogP contribution in [-0.4, -0.2) is 27.3 Å². The lowest BCUT2D eigenvalue weighted by Gasteiger charge is -2.06. The first-order valence-corrected chi connectivity index (χ1v) is 6.55. The zero-order chi connectivity index (χ0) is 14.7. The third kappa shape index (κ3) is 3.65. The Bertz CT molecular complexity index is 673. The van der Waals surface area contributed by atoms with E-state index < -0.39 is 12.0 Å². The van der Waals surface area contributed by atoms with Crippen LogP contribution in [0.4, 0.5) is 15.6 Å². The number of anilines is 2. The van der Waals surface area contributed by atoms with Crippen LogP contribution in [0.2, 0.25) is 5.02 Å². The van der Waals surface area contributed by atoms with Gasteiger partial charge in [0.15, 0.2) is 0 Å². The van der Waals surface area contributed by atoms with E-state index in [1.807, 2.05) is 0 Å². The molecule has 0 saturated carbocycles. The highest BCUT2D eigenvalue weighted by Crippen LogP contribution is 2.20. The fourth-order valence-corrected chi connectivity index (χ4v) is 2.21. The summed E-state index contributed by atoms with van der Waals surface area (Å²) in [5.74, 6) is -1.13. The average molecular weight is 313 g/mol. The largest absolute Gasteiger partial charge is 0.478 e. The number of amides is 2. The second kappa shape index (κ2) is 5.85. The summed E-state index contributed by atoms with van der Waals surface area (Å²) < 4.78 is 0. The van der Waals surface area contributed by atoms with Gasteiger partial charge in [0.1, 0.15) is 5.01 Å². The molecular weight excluding hydrogens is 304 g/mol. The molecule has 9 heteroatoms. The predicted molar refractivity (Wildman–Crippen MR) is 75.7 cm³/mol. The van der Waals surface area contributed by atoms with Crippen LogP contribution in [0.25, 0.3) is 0 Å². The number of rotatable bonds is 3. The molecule has 0 fully saturated rings. The van der Waals surface area contributed by atoms with Crippen LogP contribution in [0.1, 0.15) is 15.4 Å². The molecule has 0 bridgehead atoms. The van der Waals surface area contributed by atoms with Crippen molar-refractivity contribution in [1.82, 2.24) is 10.2 Å². The van der Waals surface area contributed by atoms with E-state index in [0.717, 1.165) is 5.01 Å². The molecule has 0 spiro atoms. The summed E-state index contributed by atoms with van der Waals surface area (Å²) in [6.45, 7) is 1.76. The summed E-state index contributed by atoms with van der Waals surface area (Å²) in [5.41, 5.74) is 0.258. The van der Waals surface area contributed by atoms with Crippen molar-refractivity contribution < 1.29 is 14.7 Å². The number of carboxylic acids is 1. The van der Waals surface area contributed by atoms with Gasteiger partial charge in [0.2, 0.25) is 5.13 Å². The summed E-state index contributed by atoms with van der Waals surface area (Å²) >= 11 is 7.01. The van der Waals surface area contributed by atoms with Gasteiger partial charge in [-0.1, -0.05) is 22.9 Å². The highest BCUT2D eigenvalue weighted by molar-refractivity contribution is 7.15. The summed E-state index contributed by atoms with van der Waals surface area (Å²) in [5, 5.41) is 22.6. The monoisotopic (exact) mass is 312 g/mol. The number of carbonyl (C=O) groups is 2. The smallest absolute Gasteiger partial charge is 0.335 e. The number of aryl methyl sites for hydroxylation is 1. The van der Waals surface area contributed by atoms with Crippen LogP contribution < -0.4 is 10.6 Å². The van der Waals surface area contributed by atoms with E-state index in [4.69, 9.17) is 16.7 Å². The van der Waals surface area contributed by atoms with Gasteiger partial charge in [0.25, 0.3) is 0 Å². The van der Waals surface area contributed by atoms with E-state index in [9.17, 15) is 9.59 Å². The van der Waals surface area contributed by atoms with E-state index in [0.29, 0.717) is 5.13 Å². The SMILES string of the molecule is Cc1nnc(NC(=O)Nc2cc(Cl)cc(C(=O)O)c2)s1. The highest BCUT2D eigenvalue weighted by Gasteiger charge is 2.10. The number of aromatic nitrogens is 2. The Hall–Kier alpha value is -2.19. The van der Waals surface area contributed by atoms with Crippen molar-refractivity contribution in [3.63, 3.8) is 0 Å². The quantitative estimate of drug-likeness (QED) is 0.808. The number of nitrogens with one attached hydrogen (secondary N) is 2. The van der Waals surface area contributed by atoms with Crippen LogP contribution in [0.15, 0.2) is 18.2 Å². The van der Waals surface area contributed by atoms with E-state index in [1.165, 1.54) is 29.5 Å². The Morgan fingerprint density at radius 3 is 2.60 bits per heavy atom. The molecule has 0 saturated heterocycles. The van der Waals surface area contributed by atoms with Crippen molar-refractivity contribution >= 4 is 45.8 Å². The molecule has 0 aliphatic heterocycles. The molecule has 1 heterocycles. The molecule has 2 rings (SSSR count). The molecule has 1 aromatic carbocycles. The number of carbonyl (C=O) groups excluding carboxylic acids is 1. The number of hydrogen-bond donors (Lipinski definition) is 3. The third-order valence-electron chi connectivity index (χ3n) is 2.15. The van der Waals surface area contributed by atoms with Crippen molar-refractivity contribution in [1.29, 1.82) is 0 Å². The maximum atomic E-state index is 11.7. The van der Waals surface area contributed by atoms with Crippen molar-refractivity contribution in [2.45, 2.75) is 6.92 Å². The first-order chi connectivity index (χ1) is 9.44. The predicted octanol–water partition coefficient (Wildman–Crippen LogP) is 2.84. The molecule has 0 unspecified atom stereocenters. The zero-order valence-corrected chi connectivity index (χ0v) is 11.7. The third-order valence-corrected chi connectivity index (χ3v) is 3.12. The number of carboxylic acid groups (broad SMARTS) is 1. The minimum Gasteiger partial charge on any atom is -0.478 e. The molecule has 7 nitrogen and oxygen atoms in total. The molecule has 2 amide bonds. The Morgan fingerprint density at radius 1 is 1.25 bits per heavy atom. The van der Waals surface area contributed by atoms with Gasteiger partial charge in [-0.05, 0) is 25.1 Å². The molecule has 3 N–H and O–H groups in total. The fraction of sp³-hybridized carbons (Fsp3) is 0.0909. The molecule has 0 aliphatic rings. The molecule has 20 heavy (non-hydrogen) atoms. The number of urea groups is 1. The Labute approximate surface area is 122 Å². The Morgan fingerprint density at radius 2 is 2.00 bits per heavy atom. The van der Waals surface area contributed by atoms with Crippen molar-refractivity contribution in [2.24, 2.45) is 0 Å². The standard InChI is InChI=1S/C11H9ClN4O3S/c1-5-15-16-11(20-5)14-10(19)13-8-3-6(9(17)18)2-7(12)4-8/h2-4H,1H3,(H,17,18)(H2,13,14,16,19). The van der Waals surface area contributed by atoms with Gasteiger partial charge in [0.05, 0.1) is 5.56 Å². The van der Waals surface area contributed by atoms with Crippen LogP contribution >= 0.6 is 22.9 Å². The molecule has 0 atom stereocenters. The molecule has 0 radical (unpaired) electrons. The fourth-order valence-electron chi connectivity index (χ4n) is 1.39. The summed E-state index contributed by atoms with van der Waals surface area (Å²) in [6, 6.07) is 3.49. The van der Waals surface area contributed by atoms with Crippen LogP contribution in [0.5, 0.6) is 0 Å². The molecule has 2 aromatic rings. The minimum absolute atomic E-state index is 0.0143. The number of nitrogens with zero attached hydrogens (tertiary/aromatic N) is 2. The maximum Gasteiger partial charge on any atom is 0.335 e. The lowest BCUT2D eigenvalue weighted by atomic mass is 10.2. The molecule has 104 valence electrons. The number of aromatic carboxylic acids is 1. The number of halogens is 1. The van der Waals surface area contributed by atoms with Crippen LogP contribution in [0.3, 0.4) is 0 Å². The lowest BCUT2D eigenvalue weighted by molar-refractivity contribution is 0.0697. The molecular formula is C11H9ClN4O3S. The van der Waals surface area contributed by atoms with Gasteiger partial charge in [-0.2, -0.15) is 0 Å². The normalized spacial score (nSPS) is 10.1. The number of hydrogen-bond acceptors (Lipinski definition) is 5. The van der Waals surface area contributed by atoms with Crippen molar-refractivity contribution in [3.8, 4) is 0 Å². The summed E-state index contributed by atoms with van der Waals surface area (Å²) in [7, 11) is 0. The van der Waals surface area contributed by atoms with Gasteiger partial charge < -0.3 is 10.4 Å². The topological polar surface area (TPSA) is 104 Å². The van der Waals surface area contributed by atoms with Gasteiger partial charge in [-0.15, -0.1) is 10.2 Å². The summed E-state index contributed by atoms with van der Waals surface area (Å²) in [4.78, 5) is 22.6. The first kappa shape index (κ1) is 14.2. The van der Waals surface area contributed by atoms with Gasteiger partial charge in [-0.25, -0.2) is 9.59 Å². The van der Waals surface area contributed by atoms with Gasteiger partial charge >= 0.3 is 12.0 Å². The lowest BCUT2D eigenvalue weighted by Crippen LogP contribution is -2.19. The minimum atomic E-state index is -1.13. The maximum absolute atomic E-state index is 11.7. The number of benzene rings is 1. The zero-order valence-electron chi connectivity index (χ0n) is 10.2. The van der Waals surface area contributed by atoms with E-state index in [2.05, 4.69) is 20.8 Å². The van der Waals surface area contributed by atoms with Gasteiger partial charge in [-0.3, -0.25) is 5.32 Å². The van der Waals surface area contributed by atoms with E-state index >= 15 is 0 Å². The Kier molecular flexibility index (Phi) is 4.16. The van der Waals surface area contributed by atoms with E-state index in [1.54, 1.807) is 6.92 Å². The van der Waals surface area contributed by atoms with Crippen LogP contribution in [-0.2, 0) is 0 Å². The van der Waals surface area contributed by atoms with Crippen LogP contribution in [0, 0.1) is 6.92 Å². The highest BCUT2D eigenvalue weighted by atomic mass is 35.5. The molecule has 1 aromatic heterocycles. The van der Waals surface area contributed by atoms with Crippen molar-refractivity contribution in [2.75, 3.05) is 10.6 Å². The summed E-state index contributed by atoms with van der Waals surface area (Å²) in [6.07, 6.45) is 0. The average Bonchev–Trinajstić information content (AvgIpc) is 2.73. The van der Waals surface area contributed by atoms with Gasteiger partial charge in [0, 0.05) is 10.7 Å². The second-order valence-corrected chi connectivity index (χ2v) is 5.36. The van der Waals surface area contributed by atoms with Crippen molar-refractivity contribution in [3.05, 3.63) is 33.8 Å².